The normalized spacial score (nSPS) is 16.7. The third kappa shape index (κ3) is 2.43. The number of hydrogen-bond acceptors (Lipinski definition) is 5. The molecule has 0 saturated heterocycles. The first-order valence-electron chi connectivity index (χ1n) is 6.72. The number of rotatable bonds is 2. The number of imidazole rings is 1. The third-order valence-corrected chi connectivity index (χ3v) is 3.69. The van der Waals surface area contributed by atoms with Crippen LogP contribution in [0, 0.1) is 0 Å². The van der Waals surface area contributed by atoms with E-state index in [0.29, 0.717) is 17.7 Å². The summed E-state index contributed by atoms with van der Waals surface area (Å²) < 4.78 is 1.89. The second kappa shape index (κ2) is 4.95. The van der Waals surface area contributed by atoms with Gasteiger partial charge in [0.1, 0.15) is 11.5 Å². The molecule has 6 nitrogen and oxygen atoms in total. The number of aromatic nitrogens is 5. The summed E-state index contributed by atoms with van der Waals surface area (Å²) in [4.78, 5) is 17.2. The van der Waals surface area contributed by atoms with Crippen molar-refractivity contribution in [2.75, 3.05) is 5.73 Å². The highest BCUT2D eigenvalue weighted by Gasteiger charge is 2.20. The first-order valence-corrected chi connectivity index (χ1v) is 6.72. The van der Waals surface area contributed by atoms with Crippen molar-refractivity contribution in [2.45, 2.75) is 38.0 Å². The van der Waals surface area contributed by atoms with Crippen LogP contribution in [0.25, 0.3) is 11.5 Å². The molecule has 0 amide bonds. The predicted octanol–water partition coefficient (Wildman–Crippen LogP) is 1.90. The fourth-order valence-electron chi connectivity index (χ4n) is 2.64. The van der Waals surface area contributed by atoms with Gasteiger partial charge in [-0.3, -0.25) is 0 Å². The molecule has 2 aromatic rings. The summed E-state index contributed by atoms with van der Waals surface area (Å²) in [6.45, 7) is 0. The maximum atomic E-state index is 5.83. The van der Waals surface area contributed by atoms with Crippen LogP contribution in [-0.4, -0.2) is 24.5 Å². The van der Waals surface area contributed by atoms with Crippen molar-refractivity contribution < 1.29 is 0 Å². The molecule has 6 heteroatoms. The molecule has 0 radical (unpaired) electrons. The van der Waals surface area contributed by atoms with Gasteiger partial charge in [-0.1, -0.05) is 19.3 Å². The second-order valence-corrected chi connectivity index (χ2v) is 5.10. The van der Waals surface area contributed by atoms with E-state index in [4.69, 9.17) is 5.73 Å². The molecule has 100 valence electrons. The van der Waals surface area contributed by atoms with Crippen molar-refractivity contribution in [2.24, 2.45) is 7.05 Å². The first kappa shape index (κ1) is 12.1. The highest BCUT2D eigenvalue weighted by Crippen LogP contribution is 2.31. The van der Waals surface area contributed by atoms with Gasteiger partial charge >= 0.3 is 0 Å². The van der Waals surface area contributed by atoms with Crippen molar-refractivity contribution in [3.63, 3.8) is 0 Å². The lowest BCUT2D eigenvalue weighted by Crippen LogP contribution is -2.12. The van der Waals surface area contributed by atoms with Crippen molar-refractivity contribution in [3.05, 3.63) is 18.3 Å². The minimum absolute atomic E-state index is 0.298. The molecule has 1 fully saturated rings. The van der Waals surface area contributed by atoms with Crippen LogP contribution in [0.2, 0.25) is 0 Å². The van der Waals surface area contributed by atoms with E-state index in [2.05, 4.69) is 19.9 Å². The van der Waals surface area contributed by atoms with Crippen LogP contribution in [0.5, 0.6) is 0 Å². The van der Waals surface area contributed by atoms with E-state index in [1.54, 1.807) is 12.5 Å². The number of anilines is 1. The lowest BCUT2D eigenvalue weighted by molar-refractivity contribution is 0.428. The van der Waals surface area contributed by atoms with Crippen LogP contribution in [0.4, 0.5) is 5.95 Å². The maximum absolute atomic E-state index is 5.83. The molecular formula is C13H18N6. The Labute approximate surface area is 112 Å². The molecule has 1 aliphatic carbocycles. The lowest BCUT2D eigenvalue weighted by atomic mass is 9.89. The molecule has 0 bridgehead atoms. The van der Waals surface area contributed by atoms with Crippen LogP contribution in [-0.2, 0) is 7.05 Å². The Morgan fingerprint density at radius 2 is 1.95 bits per heavy atom. The van der Waals surface area contributed by atoms with Crippen molar-refractivity contribution in [3.8, 4) is 11.5 Å². The van der Waals surface area contributed by atoms with E-state index in [9.17, 15) is 0 Å². The SMILES string of the molecule is Cn1cncc1-c1nc(N)nc(C2CCCCC2)n1. The van der Waals surface area contributed by atoms with Gasteiger partial charge in [0, 0.05) is 13.0 Å². The Kier molecular flexibility index (Phi) is 3.15. The number of nitrogens with two attached hydrogens (primary N) is 1. The van der Waals surface area contributed by atoms with Crippen molar-refractivity contribution in [1.29, 1.82) is 0 Å². The van der Waals surface area contributed by atoms with E-state index >= 15 is 0 Å². The predicted molar refractivity (Wildman–Crippen MR) is 72.3 cm³/mol. The molecule has 2 heterocycles. The molecule has 0 aromatic carbocycles. The van der Waals surface area contributed by atoms with Gasteiger partial charge in [0.05, 0.1) is 12.5 Å². The zero-order valence-corrected chi connectivity index (χ0v) is 11.1. The summed E-state index contributed by atoms with van der Waals surface area (Å²) in [5.74, 6) is 2.18. The fourth-order valence-corrected chi connectivity index (χ4v) is 2.64. The highest BCUT2D eigenvalue weighted by molar-refractivity contribution is 5.49. The van der Waals surface area contributed by atoms with E-state index in [1.165, 1.54) is 19.3 Å². The average Bonchev–Trinajstić information content (AvgIpc) is 2.85. The summed E-state index contributed by atoms with van der Waals surface area (Å²) in [6, 6.07) is 0. The third-order valence-electron chi connectivity index (χ3n) is 3.69. The zero-order chi connectivity index (χ0) is 13.2. The van der Waals surface area contributed by atoms with E-state index in [-0.39, 0.29) is 0 Å². The Morgan fingerprint density at radius 3 is 2.63 bits per heavy atom. The van der Waals surface area contributed by atoms with Gasteiger partial charge in [-0.05, 0) is 12.8 Å². The zero-order valence-electron chi connectivity index (χ0n) is 11.1. The number of nitrogens with zero attached hydrogens (tertiary/aromatic N) is 5. The lowest BCUT2D eigenvalue weighted by Gasteiger charge is -2.20. The quantitative estimate of drug-likeness (QED) is 0.889. The number of aryl methyl sites for hydroxylation is 1. The Morgan fingerprint density at radius 1 is 1.16 bits per heavy atom. The van der Waals surface area contributed by atoms with E-state index in [0.717, 1.165) is 24.4 Å². The average molecular weight is 258 g/mol. The van der Waals surface area contributed by atoms with Crippen LogP contribution < -0.4 is 5.73 Å². The van der Waals surface area contributed by atoms with Gasteiger partial charge in [0.15, 0.2) is 5.82 Å². The van der Waals surface area contributed by atoms with Gasteiger partial charge in [-0.15, -0.1) is 0 Å². The Bertz CT molecular complexity index is 570. The van der Waals surface area contributed by atoms with E-state index in [1.807, 2.05) is 11.6 Å². The van der Waals surface area contributed by atoms with Gasteiger partial charge < -0.3 is 10.3 Å². The molecule has 1 saturated carbocycles. The van der Waals surface area contributed by atoms with Gasteiger partial charge in [-0.2, -0.15) is 9.97 Å². The topological polar surface area (TPSA) is 82.5 Å². The molecule has 3 rings (SSSR count). The largest absolute Gasteiger partial charge is 0.368 e. The van der Waals surface area contributed by atoms with Crippen molar-refractivity contribution >= 4 is 5.95 Å². The smallest absolute Gasteiger partial charge is 0.223 e. The standard InChI is InChI=1S/C13H18N6/c1-19-8-15-7-10(19)12-16-11(17-13(14)18-12)9-5-3-2-4-6-9/h7-9H,2-6H2,1H3,(H2,14,16,17,18). The molecule has 2 N–H and O–H groups in total. The Hall–Kier alpha value is -1.98. The molecule has 0 aliphatic heterocycles. The summed E-state index contributed by atoms with van der Waals surface area (Å²) in [7, 11) is 1.92. The van der Waals surface area contributed by atoms with Crippen LogP contribution in [0.15, 0.2) is 12.5 Å². The maximum Gasteiger partial charge on any atom is 0.223 e. The number of nitrogen functional groups attached to an aromatic ring is 1. The van der Waals surface area contributed by atoms with Crippen molar-refractivity contribution in [1.82, 2.24) is 24.5 Å². The summed E-state index contributed by atoms with van der Waals surface area (Å²) >= 11 is 0. The molecular weight excluding hydrogens is 240 g/mol. The molecule has 0 spiro atoms. The highest BCUT2D eigenvalue weighted by atomic mass is 15.1. The molecule has 19 heavy (non-hydrogen) atoms. The molecule has 2 aromatic heterocycles. The first-order chi connectivity index (χ1) is 9.24. The van der Waals surface area contributed by atoms with Gasteiger partial charge in [-0.25, -0.2) is 9.97 Å². The van der Waals surface area contributed by atoms with Gasteiger partial charge in [0.2, 0.25) is 5.95 Å². The van der Waals surface area contributed by atoms with Crippen LogP contribution in [0.3, 0.4) is 0 Å². The minimum Gasteiger partial charge on any atom is -0.368 e. The van der Waals surface area contributed by atoms with Gasteiger partial charge in [0.25, 0.3) is 0 Å². The summed E-state index contributed by atoms with van der Waals surface area (Å²) in [5, 5.41) is 0. The second-order valence-electron chi connectivity index (χ2n) is 5.10. The molecule has 1 aliphatic rings. The van der Waals surface area contributed by atoms with Crippen LogP contribution >= 0.6 is 0 Å². The molecule has 0 unspecified atom stereocenters. The Balaban J connectivity index is 1.98. The monoisotopic (exact) mass is 258 g/mol. The summed E-state index contributed by atoms with van der Waals surface area (Å²) in [6.07, 6.45) is 9.58. The molecule has 0 atom stereocenters. The summed E-state index contributed by atoms with van der Waals surface area (Å²) in [5.41, 5.74) is 6.70. The minimum atomic E-state index is 0.298. The number of hydrogen-bond donors (Lipinski definition) is 1. The fraction of sp³-hybridized carbons (Fsp3) is 0.538. The van der Waals surface area contributed by atoms with Crippen LogP contribution in [0.1, 0.15) is 43.8 Å². The van der Waals surface area contributed by atoms with E-state index < -0.39 is 0 Å².